The maximum absolute atomic E-state index is 12.2. The van der Waals surface area contributed by atoms with Crippen LogP contribution in [0.15, 0.2) is 146 Å². The van der Waals surface area contributed by atoms with Gasteiger partial charge in [-0.25, -0.2) is 4.98 Å². The number of imidazole rings is 1. The number of phenols is 1. The second kappa shape index (κ2) is 12.6. The molecule has 8 aromatic rings. The van der Waals surface area contributed by atoms with Gasteiger partial charge in [-0.05, 0) is 74.9 Å². The second-order valence-corrected chi connectivity index (χ2v) is 15.7. The average Bonchev–Trinajstić information content (AvgIpc) is 3.53. The molecule has 2 heterocycles. The molecule has 0 radical (unpaired) electrons. The topological polar surface area (TPSA) is 50.9 Å². The lowest BCUT2D eigenvalue weighted by Gasteiger charge is -2.27. The molecule has 6 aromatic carbocycles. The van der Waals surface area contributed by atoms with Crippen molar-refractivity contribution in [3.05, 3.63) is 157 Å². The maximum Gasteiger partial charge on any atom is 0.149 e. The van der Waals surface area contributed by atoms with Crippen molar-refractivity contribution >= 4 is 21.8 Å². The van der Waals surface area contributed by atoms with Crippen molar-refractivity contribution in [3.63, 3.8) is 0 Å². The van der Waals surface area contributed by atoms with Gasteiger partial charge in [0.2, 0.25) is 0 Å². The molecule has 0 spiro atoms. The highest BCUT2D eigenvalue weighted by atomic mass is 16.3. The van der Waals surface area contributed by atoms with Crippen molar-refractivity contribution in [2.45, 2.75) is 52.4 Å². The minimum absolute atomic E-state index is 0.143. The van der Waals surface area contributed by atoms with E-state index in [1.807, 2.05) is 12.3 Å². The Labute approximate surface area is 306 Å². The smallest absolute Gasteiger partial charge is 0.149 e. The molecule has 0 fully saturated rings. The third kappa shape index (κ3) is 5.94. The molecule has 1 N–H and O–H groups in total. The van der Waals surface area contributed by atoms with Crippen LogP contribution >= 0.6 is 0 Å². The molecular formula is C48H43N3O. The number of rotatable bonds is 5. The Bertz CT molecular complexity index is 2600. The van der Waals surface area contributed by atoms with Gasteiger partial charge < -0.3 is 5.11 Å². The van der Waals surface area contributed by atoms with Gasteiger partial charge in [0.05, 0.1) is 28.0 Å². The average molecular weight is 678 g/mol. The van der Waals surface area contributed by atoms with Gasteiger partial charge in [-0.1, -0.05) is 145 Å². The first-order chi connectivity index (χ1) is 25.0. The number of aromatic hydroxyl groups is 1. The lowest BCUT2D eigenvalue weighted by molar-refractivity contribution is 0.446. The number of fused-ring (bicyclic) bond motifs is 2. The van der Waals surface area contributed by atoms with E-state index in [4.69, 9.17) is 9.97 Å². The maximum atomic E-state index is 12.2. The fraction of sp³-hybridized carbons (Fsp3) is 0.167. The highest BCUT2D eigenvalue weighted by molar-refractivity contribution is 5.99. The third-order valence-electron chi connectivity index (χ3n) is 10.1. The monoisotopic (exact) mass is 677 g/mol. The number of benzene rings is 6. The summed E-state index contributed by atoms with van der Waals surface area (Å²) in [6, 6.07) is 48.7. The van der Waals surface area contributed by atoms with E-state index < -0.39 is 0 Å². The van der Waals surface area contributed by atoms with Crippen molar-refractivity contribution in [1.29, 1.82) is 0 Å². The van der Waals surface area contributed by atoms with E-state index in [-0.39, 0.29) is 16.6 Å². The fourth-order valence-corrected chi connectivity index (χ4v) is 7.21. The van der Waals surface area contributed by atoms with Crippen LogP contribution in [0.25, 0.3) is 72.4 Å². The molecule has 0 aliphatic heterocycles. The first-order valence-electron chi connectivity index (χ1n) is 18.0. The predicted octanol–water partition coefficient (Wildman–Crippen LogP) is 12.5. The number of nitrogens with zero attached hydrogens (tertiary/aromatic N) is 3. The molecule has 0 aliphatic carbocycles. The van der Waals surface area contributed by atoms with Crippen LogP contribution < -0.4 is 0 Å². The molecule has 52 heavy (non-hydrogen) atoms. The van der Waals surface area contributed by atoms with E-state index in [0.717, 1.165) is 77.7 Å². The molecule has 4 heteroatoms. The van der Waals surface area contributed by atoms with E-state index in [2.05, 4.69) is 180 Å². The normalized spacial score (nSPS) is 12.1. The zero-order valence-electron chi connectivity index (χ0n) is 30.6. The summed E-state index contributed by atoms with van der Waals surface area (Å²) in [7, 11) is 0. The summed E-state index contributed by atoms with van der Waals surface area (Å²) in [4.78, 5) is 10.3. The van der Waals surface area contributed by atoms with Crippen molar-refractivity contribution in [2.24, 2.45) is 0 Å². The highest BCUT2D eigenvalue weighted by Gasteiger charge is 2.29. The van der Waals surface area contributed by atoms with E-state index in [0.29, 0.717) is 5.82 Å². The van der Waals surface area contributed by atoms with Gasteiger partial charge in [-0.2, -0.15) is 0 Å². The van der Waals surface area contributed by atoms with Gasteiger partial charge in [0.25, 0.3) is 0 Å². The fourth-order valence-electron chi connectivity index (χ4n) is 7.21. The molecular weight excluding hydrogens is 635 g/mol. The van der Waals surface area contributed by atoms with E-state index in [1.165, 1.54) is 0 Å². The lowest BCUT2D eigenvalue weighted by atomic mass is 9.79. The quantitative estimate of drug-likeness (QED) is 0.197. The first-order valence-corrected chi connectivity index (χ1v) is 18.0. The summed E-state index contributed by atoms with van der Waals surface area (Å²) in [5, 5.41) is 14.4. The van der Waals surface area contributed by atoms with E-state index >= 15 is 0 Å². The van der Waals surface area contributed by atoms with Crippen LogP contribution in [-0.2, 0) is 10.8 Å². The van der Waals surface area contributed by atoms with Crippen molar-refractivity contribution in [2.75, 3.05) is 0 Å². The van der Waals surface area contributed by atoms with Gasteiger partial charge in [0, 0.05) is 28.3 Å². The van der Waals surface area contributed by atoms with Crippen molar-refractivity contribution in [1.82, 2.24) is 14.5 Å². The molecule has 0 unspecified atom stereocenters. The zero-order chi connectivity index (χ0) is 36.2. The first kappa shape index (κ1) is 33.2. The predicted molar refractivity (Wildman–Crippen MR) is 217 cm³/mol. The molecule has 0 bridgehead atoms. The summed E-state index contributed by atoms with van der Waals surface area (Å²) in [6.07, 6.45) is 1.88. The lowest BCUT2D eigenvalue weighted by Crippen LogP contribution is -2.17. The van der Waals surface area contributed by atoms with E-state index in [9.17, 15) is 5.11 Å². The second-order valence-electron chi connectivity index (χ2n) is 15.7. The van der Waals surface area contributed by atoms with Gasteiger partial charge in [-0.3, -0.25) is 9.55 Å². The Kier molecular flexibility index (Phi) is 8.06. The highest BCUT2D eigenvalue weighted by Crippen LogP contribution is 2.45. The van der Waals surface area contributed by atoms with Gasteiger partial charge >= 0.3 is 0 Å². The molecule has 0 saturated heterocycles. The number of phenolic OH excluding ortho intramolecular Hbond substituents is 1. The largest absolute Gasteiger partial charge is 0.507 e. The van der Waals surface area contributed by atoms with Crippen LogP contribution in [0.1, 0.15) is 52.7 Å². The molecule has 4 nitrogen and oxygen atoms in total. The Morgan fingerprint density at radius 3 is 2.04 bits per heavy atom. The SMILES string of the molecule is CC(C)(C)c1cc(-c2nc3c(-c4cccc(-c5cc(-c6ccccc6)ccn5)c4)cccc3n2-c2cccc3ccccc23)c(O)c(C(C)(C)C)c1. The van der Waals surface area contributed by atoms with Gasteiger partial charge in [0.15, 0.2) is 0 Å². The minimum atomic E-state index is -0.284. The molecule has 2 aromatic heterocycles. The Balaban J connectivity index is 1.39. The Hall–Kier alpha value is -6.00. The zero-order valence-corrected chi connectivity index (χ0v) is 30.6. The molecule has 0 aliphatic rings. The molecule has 8 rings (SSSR count). The summed E-state index contributed by atoms with van der Waals surface area (Å²) in [5.74, 6) is 0.978. The standard InChI is InChI=1S/C48H43N3O/c1-47(2,3)36-29-39(45(52)40(30-36)48(4,5)6)46-50-44-38(22-14-24-43(44)51(46)42-23-13-18-32-17-10-11-21-37(32)42)34-19-12-20-35(27-34)41-28-33(25-26-49-41)31-15-8-7-9-16-31/h7-30,52H,1-6H3. The van der Waals surface area contributed by atoms with Crippen molar-refractivity contribution < 1.29 is 5.11 Å². The molecule has 256 valence electrons. The van der Waals surface area contributed by atoms with Crippen LogP contribution in [0, 0.1) is 0 Å². The summed E-state index contributed by atoms with van der Waals surface area (Å²) in [6.45, 7) is 13.1. The van der Waals surface area contributed by atoms with Crippen LogP contribution in [0.3, 0.4) is 0 Å². The minimum Gasteiger partial charge on any atom is -0.507 e. The van der Waals surface area contributed by atoms with Gasteiger partial charge in [-0.15, -0.1) is 0 Å². The summed E-state index contributed by atoms with van der Waals surface area (Å²) >= 11 is 0. The number of pyridine rings is 1. The third-order valence-corrected chi connectivity index (χ3v) is 10.1. The number of hydrogen-bond acceptors (Lipinski definition) is 3. The number of para-hydroxylation sites is 1. The van der Waals surface area contributed by atoms with Crippen LogP contribution in [-0.4, -0.2) is 19.6 Å². The summed E-state index contributed by atoms with van der Waals surface area (Å²) < 4.78 is 2.24. The van der Waals surface area contributed by atoms with Crippen LogP contribution in [0.4, 0.5) is 0 Å². The molecule has 0 amide bonds. The van der Waals surface area contributed by atoms with Gasteiger partial charge in [0.1, 0.15) is 11.6 Å². The van der Waals surface area contributed by atoms with Crippen molar-refractivity contribution in [3.8, 4) is 56.3 Å². The van der Waals surface area contributed by atoms with Crippen LogP contribution in [0.5, 0.6) is 5.75 Å². The molecule has 0 saturated carbocycles. The summed E-state index contributed by atoms with van der Waals surface area (Å²) in [5.41, 5.74) is 11.5. The Morgan fingerprint density at radius 1 is 0.558 bits per heavy atom. The Morgan fingerprint density at radius 2 is 1.25 bits per heavy atom. The number of aromatic nitrogens is 3. The molecule has 0 atom stereocenters. The van der Waals surface area contributed by atoms with E-state index in [1.54, 1.807) is 0 Å². The van der Waals surface area contributed by atoms with Crippen LogP contribution in [0.2, 0.25) is 0 Å². The number of hydrogen-bond donors (Lipinski definition) is 1.